The molecule has 0 aliphatic carbocycles. The van der Waals surface area contributed by atoms with Crippen LogP contribution in [0, 0.1) is 11.7 Å². The number of aryl methyl sites for hydroxylation is 1. The number of hydrazine groups is 1. The van der Waals surface area contributed by atoms with Gasteiger partial charge in [-0.25, -0.2) is 14.4 Å². The van der Waals surface area contributed by atoms with Crippen molar-refractivity contribution < 1.29 is 9.18 Å². The first kappa shape index (κ1) is 21.9. The van der Waals surface area contributed by atoms with Gasteiger partial charge in [0, 0.05) is 29.5 Å². The fourth-order valence-electron chi connectivity index (χ4n) is 4.33. The molecule has 170 valence electrons. The van der Waals surface area contributed by atoms with Crippen molar-refractivity contribution >= 4 is 34.1 Å². The molecule has 0 amide bonds. The van der Waals surface area contributed by atoms with E-state index >= 15 is 0 Å². The van der Waals surface area contributed by atoms with E-state index in [1.165, 1.54) is 36.0 Å². The van der Waals surface area contributed by atoms with E-state index in [0.717, 1.165) is 35.2 Å². The monoisotopic (exact) mass is 464 g/mol. The zero-order chi connectivity index (χ0) is 22.9. The minimum atomic E-state index is -0.361. The standard InChI is InChI=1S/C24H25FN6OS/c1-14-18(15(2)29-28-14)11-12-22-27-23-19-5-3-4-6-20(19)26-24(31(23)30-22)33-13-21(32)16-7-9-17(25)10-8-16/h3-10,14-15,18,28-29H,11-13H2,1-2H3. The number of hydrogen-bond acceptors (Lipinski definition) is 7. The topological polar surface area (TPSA) is 84.2 Å². The Hall–Kier alpha value is -2.88. The van der Waals surface area contributed by atoms with Crippen molar-refractivity contribution in [3.05, 3.63) is 65.7 Å². The molecular formula is C24H25FN6OS. The fourth-order valence-corrected chi connectivity index (χ4v) is 5.17. The van der Waals surface area contributed by atoms with Gasteiger partial charge in [0.1, 0.15) is 5.82 Å². The summed E-state index contributed by atoms with van der Waals surface area (Å²) in [5, 5.41) is 6.30. The number of halogens is 1. The Bertz CT molecular complexity index is 1300. The Labute approximate surface area is 195 Å². The lowest BCUT2D eigenvalue weighted by Crippen LogP contribution is -2.30. The summed E-state index contributed by atoms with van der Waals surface area (Å²) in [5.74, 6) is 0.989. The molecule has 2 unspecified atom stereocenters. The Morgan fingerprint density at radius 1 is 1.06 bits per heavy atom. The van der Waals surface area contributed by atoms with Crippen molar-refractivity contribution in [2.45, 2.75) is 43.9 Å². The van der Waals surface area contributed by atoms with Crippen LogP contribution in [0.2, 0.25) is 0 Å². The smallest absolute Gasteiger partial charge is 0.192 e. The van der Waals surface area contributed by atoms with Crippen LogP contribution in [0.25, 0.3) is 16.6 Å². The summed E-state index contributed by atoms with van der Waals surface area (Å²) in [6.07, 6.45) is 1.73. The van der Waals surface area contributed by atoms with Crippen LogP contribution in [0.3, 0.4) is 0 Å². The van der Waals surface area contributed by atoms with Crippen molar-refractivity contribution in [2.75, 3.05) is 5.75 Å². The largest absolute Gasteiger partial charge is 0.293 e. The highest BCUT2D eigenvalue weighted by Crippen LogP contribution is 2.26. The van der Waals surface area contributed by atoms with Gasteiger partial charge in [0.2, 0.25) is 0 Å². The van der Waals surface area contributed by atoms with Crippen LogP contribution in [0.4, 0.5) is 4.39 Å². The molecule has 3 heterocycles. The van der Waals surface area contributed by atoms with Gasteiger partial charge in [-0.15, -0.1) is 5.10 Å². The van der Waals surface area contributed by atoms with Crippen LogP contribution in [-0.4, -0.2) is 43.2 Å². The molecule has 0 spiro atoms. The number of carbonyl (C=O) groups is 1. The van der Waals surface area contributed by atoms with Gasteiger partial charge >= 0.3 is 0 Å². The van der Waals surface area contributed by atoms with Gasteiger partial charge in [0.15, 0.2) is 22.4 Å². The number of nitrogens with one attached hydrogen (secondary N) is 2. The Morgan fingerprint density at radius 2 is 1.79 bits per heavy atom. The lowest BCUT2D eigenvalue weighted by atomic mass is 9.91. The van der Waals surface area contributed by atoms with Gasteiger partial charge in [-0.05, 0) is 62.6 Å². The van der Waals surface area contributed by atoms with E-state index in [0.29, 0.717) is 28.7 Å². The molecule has 0 bridgehead atoms. The second kappa shape index (κ2) is 9.17. The molecule has 1 aliphatic heterocycles. The number of thioether (sulfide) groups is 1. The number of para-hydroxylation sites is 1. The normalized spacial score (nSPS) is 20.6. The fraction of sp³-hybridized carbons (Fsp3) is 0.333. The zero-order valence-corrected chi connectivity index (χ0v) is 19.3. The Morgan fingerprint density at radius 3 is 2.55 bits per heavy atom. The third kappa shape index (κ3) is 4.48. The van der Waals surface area contributed by atoms with Crippen molar-refractivity contribution in [3.63, 3.8) is 0 Å². The summed E-state index contributed by atoms with van der Waals surface area (Å²) in [5.41, 5.74) is 8.63. The van der Waals surface area contributed by atoms with Crippen LogP contribution in [0.5, 0.6) is 0 Å². The SMILES string of the molecule is CC1NNC(C)C1CCc1nc2c3ccccc3nc(SCC(=O)c3ccc(F)cc3)n2n1. The van der Waals surface area contributed by atoms with Crippen molar-refractivity contribution in [2.24, 2.45) is 5.92 Å². The third-order valence-electron chi connectivity index (χ3n) is 6.22. The number of aromatic nitrogens is 4. The summed E-state index contributed by atoms with van der Waals surface area (Å²) in [4.78, 5) is 22.2. The molecule has 2 atom stereocenters. The number of nitrogens with zero attached hydrogens (tertiary/aromatic N) is 4. The summed E-state index contributed by atoms with van der Waals surface area (Å²) >= 11 is 1.32. The molecule has 2 aromatic carbocycles. The van der Waals surface area contributed by atoms with Gasteiger partial charge in [-0.3, -0.25) is 15.6 Å². The van der Waals surface area contributed by atoms with Crippen molar-refractivity contribution in [3.8, 4) is 0 Å². The van der Waals surface area contributed by atoms with Gasteiger partial charge in [0.25, 0.3) is 0 Å². The number of rotatable bonds is 7. The lowest BCUT2D eigenvalue weighted by molar-refractivity contribution is 0.102. The Kier molecular flexibility index (Phi) is 6.09. The van der Waals surface area contributed by atoms with Gasteiger partial charge in [-0.1, -0.05) is 23.9 Å². The molecule has 7 nitrogen and oxygen atoms in total. The highest BCUT2D eigenvalue weighted by molar-refractivity contribution is 7.99. The van der Waals surface area contributed by atoms with Crippen LogP contribution < -0.4 is 10.9 Å². The molecule has 33 heavy (non-hydrogen) atoms. The molecule has 0 saturated carbocycles. The minimum absolute atomic E-state index is 0.0901. The lowest BCUT2D eigenvalue weighted by Gasteiger charge is -2.16. The first-order chi connectivity index (χ1) is 16.0. The summed E-state index contributed by atoms with van der Waals surface area (Å²) in [6, 6.07) is 14.2. The van der Waals surface area contributed by atoms with Gasteiger partial charge in [-0.2, -0.15) is 4.52 Å². The number of benzene rings is 2. The second-order valence-electron chi connectivity index (χ2n) is 8.46. The molecule has 1 fully saturated rings. The van der Waals surface area contributed by atoms with Gasteiger partial charge in [0.05, 0.1) is 11.3 Å². The quantitative estimate of drug-likeness (QED) is 0.244. The number of carbonyl (C=O) groups excluding carboxylic acids is 1. The number of fused-ring (bicyclic) bond motifs is 3. The van der Waals surface area contributed by atoms with Crippen LogP contribution in [-0.2, 0) is 6.42 Å². The predicted octanol–water partition coefficient (Wildman–Crippen LogP) is 3.83. The van der Waals surface area contributed by atoms with E-state index in [9.17, 15) is 9.18 Å². The first-order valence-corrected chi connectivity index (χ1v) is 12.0. The molecule has 0 radical (unpaired) electrons. The van der Waals surface area contributed by atoms with E-state index in [1.807, 2.05) is 24.3 Å². The second-order valence-corrected chi connectivity index (χ2v) is 9.40. The first-order valence-electron chi connectivity index (χ1n) is 11.1. The maximum atomic E-state index is 13.2. The summed E-state index contributed by atoms with van der Waals surface area (Å²) in [7, 11) is 0. The third-order valence-corrected chi connectivity index (χ3v) is 7.15. The average molecular weight is 465 g/mol. The minimum Gasteiger partial charge on any atom is -0.293 e. The number of Topliss-reactive ketones (excluding diaryl/α,β-unsaturated/α-hetero) is 1. The maximum absolute atomic E-state index is 13.2. The van der Waals surface area contributed by atoms with E-state index in [2.05, 4.69) is 24.7 Å². The van der Waals surface area contributed by atoms with Crippen LogP contribution >= 0.6 is 11.8 Å². The zero-order valence-electron chi connectivity index (χ0n) is 18.5. The molecule has 1 aliphatic rings. The van der Waals surface area contributed by atoms with Crippen LogP contribution in [0.1, 0.15) is 36.5 Å². The predicted molar refractivity (Wildman–Crippen MR) is 127 cm³/mol. The van der Waals surface area contributed by atoms with Crippen molar-refractivity contribution in [1.82, 2.24) is 30.4 Å². The molecule has 5 rings (SSSR count). The summed E-state index contributed by atoms with van der Waals surface area (Å²) < 4.78 is 14.9. The highest BCUT2D eigenvalue weighted by Gasteiger charge is 2.29. The molecule has 9 heteroatoms. The van der Waals surface area contributed by atoms with Gasteiger partial charge < -0.3 is 0 Å². The molecule has 4 aromatic rings. The number of hydrogen-bond donors (Lipinski definition) is 2. The number of ketones is 1. The Balaban J connectivity index is 1.42. The average Bonchev–Trinajstić information content (AvgIpc) is 3.39. The molecular weight excluding hydrogens is 439 g/mol. The van der Waals surface area contributed by atoms with Crippen molar-refractivity contribution in [1.29, 1.82) is 0 Å². The summed E-state index contributed by atoms with van der Waals surface area (Å²) in [6.45, 7) is 4.37. The maximum Gasteiger partial charge on any atom is 0.192 e. The highest BCUT2D eigenvalue weighted by atomic mass is 32.2. The van der Waals surface area contributed by atoms with E-state index in [4.69, 9.17) is 15.1 Å². The van der Waals surface area contributed by atoms with E-state index < -0.39 is 0 Å². The molecule has 2 N–H and O–H groups in total. The van der Waals surface area contributed by atoms with E-state index in [1.54, 1.807) is 4.52 Å². The van der Waals surface area contributed by atoms with E-state index in [-0.39, 0.29) is 17.4 Å². The molecule has 1 saturated heterocycles. The van der Waals surface area contributed by atoms with Crippen LogP contribution in [0.15, 0.2) is 53.7 Å². The molecule has 2 aromatic heterocycles.